The molecule has 0 atom stereocenters. The fraction of sp³-hybridized carbons (Fsp3) is 0.263. The van der Waals surface area contributed by atoms with Crippen LogP contribution in [0.2, 0.25) is 0 Å². The SMILES string of the molecule is COC(=O)c1ccc2c(c1)CCc1cc(C(=O)OC)ccc1C2Cl. The van der Waals surface area contributed by atoms with Gasteiger partial charge >= 0.3 is 11.9 Å². The topological polar surface area (TPSA) is 52.6 Å². The van der Waals surface area contributed by atoms with Crippen LogP contribution >= 0.6 is 11.6 Å². The van der Waals surface area contributed by atoms with Gasteiger partial charge in [-0.3, -0.25) is 0 Å². The summed E-state index contributed by atoms with van der Waals surface area (Å²) in [5, 5.41) is -0.323. The Morgan fingerprint density at radius 2 is 1.29 bits per heavy atom. The van der Waals surface area contributed by atoms with E-state index in [1.54, 1.807) is 12.1 Å². The van der Waals surface area contributed by atoms with Gasteiger partial charge in [0.1, 0.15) is 0 Å². The van der Waals surface area contributed by atoms with E-state index in [1.165, 1.54) is 14.2 Å². The van der Waals surface area contributed by atoms with E-state index < -0.39 is 0 Å². The van der Waals surface area contributed by atoms with Crippen molar-refractivity contribution in [2.24, 2.45) is 0 Å². The number of alkyl halides is 1. The number of carbonyl (C=O) groups is 2. The van der Waals surface area contributed by atoms with Crippen LogP contribution in [0.4, 0.5) is 0 Å². The summed E-state index contributed by atoms with van der Waals surface area (Å²) in [6.07, 6.45) is 1.47. The van der Waals surface area contributed by atoms with Gasteiger partial charge in [-0.2, -0.15) is 0 Å². The molecule has 0 aromatic heterocycles. The van der Waals surface area contributed by atoms with Gasteiger partial charge in [-0.15, -0.1) is 11.6 Å². The number of rotatable bonds is 2. The summed E-state index contributed by atoms with van der Waals surface area (Å²) in [5.74, 6) is -0.725. The third-order valence-corrected chi connectivity index (χ3v) is 4.81. The van der Waals surface area contributed by atoms with Crippen LogP contribution in [0.1, 0.15) is 48.3 Å². The van der Waals surface area contributed by atoms with Gasteiger partial charge in [-0.05, 0) is 59.4 Å². The smallest absolute Gasteiger partial charge is 0.337 e. The Hall–Kier alpha value is -2.33. The van der Waals surface area contributed by atoms with E-state index in [4.69, 9.17) is 21.1 Å². The molecule has 2 aromatic carbocycles. The van der Waals surface area contributed by atoms with Crippen molar-refractivity contribution in [3.05, 3.63) is 69.8 Å². The number of hydrogen-bond acceptors (Lipinski definition) is 4. The molecule has 124 valence electrons. The monoisotopic (exact) mass is 344 g/mol. The molecule has 3 rings (SSSR count). The third-order valence-electron chi connectivity index (χ3n) is 4.34. The van der Waals surface area contributed by atoms with Crippen molar-refractivity contribution in [1.29, 1.82) is 0 Å². The molecule has 0 aliphatic heterocycles. The average Bonchev–Trinajstić information content (AvgIpc) is 2.76. The Labute approximate surface area is 145 Å². The largest absolute Gasteiger partial charge is 0.465 e. The van der Waals surface area contributed by atoms with Crippen LogP contribution in [0.15, 0.2) is 36.4 Å². The van der Waals surface area contributed by atoms with Crippen molar-refractivity contribution in [1.82, 2.24) is 0 Å². The number of aryl methyl sites for hydroxylation is 2. The van der Waals surface area contributed by atoms with Crippen molar-refractivity contribution in [2.45, 2.75) is 18.2 Å². The Morgan fingerprint density at radius 3 is 1.67 bits per heavy atom. The van der Waals surface area contributed by atoms with E-state index in [0.717, 1.165) is 35.1 Å². The van der Waals surface area contributed by atoms with Gasteiger partial charge in [-0.1, -0.05) is 12.1 Å². The fourth-order valence-electron chi connectivity index (χ4n) is 3.07. The Balaban J connectivity index is 2.02. The molecule has 1 aliphatic carbocycles. The summed E-state index contributed by atoms with van der Waals surface area (Å²) in [7, 11) is 2.73. The maximum absolute atomic E-state index is 11.7. The van der Waals surface area contributed by atoms with E-state index in [-0.39, 0.29) is 17.3 Å². The first kappa shape index (κ1) is 16.5. The number of ether oxygens (including phenoxy) is 2. The highest BCUT2D eigenvalue weighted by molar-refractivity contribution is 6.23. The highest BCUT2D eigenvalue weighted by atomic mass is 35.5. The molecule has 5 heteroatoms. The first-order valence-electron chi connectivity index (χ1n) is 7.61. The van der Waals surface area contributed by atoms with E-state index >= 15 is 0 Å². The van der Waals surface area contributed by atoms with Crippen molar-refractivity contribution < 1.29 is 19.1 Å². The lowest BCUT2D eigenvalue weighted by Gasteiger charge is -2.14. The van der Waals surface area contributed by atoms with E-state index in [2.05, 4.69) is 0 Å². The van der Waals surface area contributed by atoms with E-state index in [9.17, 15) is 9.59 Å². The number of fused-ring (bicyclic) bond motifs is 2. The summed E-state index contributed by atoms with van der Waals surface area (Å²) in [5.41, 5.74) is 5.04. The molecule has 0 saturated carbocycles. The molecule has 0 saturated heterocycles. The second kappa shape index (κ2) is 6.65. The van der Waals surface area contributed by atoms with Crippen LogP contribution in [-0.2, 0) is 22.3 Å². The van der Waals surface area contributed by atoms with Gasteiger partial charge in [0, 0.05) is 0 Å². The molecular weight excluding hydrogens is 328 g/mol. The maximum Gasteiger partial charge on any atom is 0.337 e. The highest BCUT2D eigenvalue weighted by Crippen LogP contribution is 2.37. The van der Waals surface area contributed by atoms with Crippen LogP contribution in [0.5, 0.6) is 0 Å². The normalized spacial score (nSPS) is 13.5. The average molecular weight is 345 g/mol. The lowest BCUT2D eigenvalue weighted by atomic mass is 9.97. The molecule has 2 aromatic rings. The van der Waals surface area contributed by atoms with Crippen molar-refractivity contribution in [3.8, 4) is 0 Å². The maximum atomic E-state index is 11.7. The summed E-state index contributed by atoms with van der Waals surface area (Å²) < 4.78 is 9.56. The predicted octanol–water partition coefficient (Wildman–Crippen LogP) is 3.69. The molecular formula is C19H17ClO4. The van der Waals surface area contributed by atoms with Gasteiger partial charge in [0.2, 0.25) is 0 Å². The fourth-order valence-corrected chi connectivity index (χ4v) is 3.49. The van der Waals surface area contributed by atoms with Crippen molar-refractivity contribution in [3.63, 3.8) is 0 Å². The van der Waals surface area contributed by atoms with Gasteiger partial charge < -0.3 is 9.47 Å². The zero-order valence-corrected chi connectivity index (χ0v) is 14.2. The Morgan fingerprint density at radius 1 is 0.875 bits per heavy atom. The number of halogens is 1. The van der Waals surface area contributed by atoms with E-state index in [0.29, 0.717) is 11.1 Å². The van der Waals surface area contributed by atoms with Crippen LogP contribution < -0.4 is 0 Å². The molecule has 0 fully saturated rings. The van der Waals surface area contributed by atoms with Crippen LogP contribution in [0.25, 0.3) is 0 Å². The van der Waals surface area contributed by atoms with Crippen LogP contribution in [-0.4, -0.2) is 26.2 Å². The van der Waals surface area contributed by atoms with Gasteiger partial charge in [0.15, 0.2) is 0 Å². The number of benzene rings is 2. The molecule has 1 aliphatic rings. The molecule has 0 radical (unpaired) electrons. The molecule has 0 amide bonds. The second-order valence-electron chi connectivity index (χ2n) is 5.67. The first-order valence-corrected chi connectivity index (χ1v) is 8.05. The number of carbonyl (C=O) groups excluding carboxylic acids is 2. The highest BCUT2D eigenvalue weighted by Gasteiger charge is 2.24. The number of esters is 2. The van der Waals surface area contributed by atoms with Crippen molar-refractivity contribution >= 4 is 23.5 Å². The quantitative estimate of drug-likeness (QED) is 0.616. The minimum atomic E-state index is -0.362. The second-order valence-corrected chi connectivity index (χ2v) is 6.11. The van der Waals surface area contributed by atoms with Gasteiger partial charge in [0.05, 0.1) is 30.7 Å². The first-order chi connectivity index (χ1) is 11.5. The van der Waals surface area contributed by atoms with Crippen LogP contribution in [0, 0.1) is 0 Å². The zero-order chi connectivity index (χ0) is 17.3. The molecule has 0 bridgehead atoms. The van der Waals surface area contributed by atoms with E-state index in [1.807, 2.05) is 24.3 Å². The van der Waals surface area contributed by atoms with Gasteiger partial charge in [0.25, 0.3) is 0 Å². The summed E-state index contributed by atoms with van der Waals surface area (Å²) in [6, 6.07) is 10.9. The summed E-state index contributed by atoms with van der Waals surface area (Å²) in [6.45, 7) is 0. The summed E-state index contributed by atoms with van der Waals surface area (Å²) >= 11 is 6.68. The van der Waals surface area contributed by atoms with Crippen LogP contribution in [0.3, 0.4) is 0 Å². The number of methoxy groups -OCH3 is 2. The third kappa shape index (κ3) is 2.89. The summed E-state index contributed by atoms with van der Waals surface area (Å²) in [4.78, 5) is 23.5. The zero-order valence-electron chi connectivity index (χ0n) is 13.5. The molecule has 0 heterocycles. The minimum Gasteiger partial charge on any atom is -0.465 e. The molecule has 24 heavy (non-hydrogen) atoms. The lowest BCUT2D eigenvalue weighted by Crippen LogP contribution is -2.05. The minimum absolute atomic E-state index is 0.323. The van der Waals surface area contributed by atoms with Crippen molar-refractivity contribution in [2.75, 3.05) is 14.2 Å². The molecule has 0 unspecified atom stereocenters. The van der Waals surface area contributed by atoms with Gasteiger partial charge in [-0.25, -0.2) is 9.59 Å². The Bertz CT molecular complexity index is 746. The molecule has 4 nitrogen and oxygen atoms in total. The molecule has 0 N–H and O–H groups in total. The lowest BCUT2D eigenvalue weighted by molar-refractivity contribution is 0.0591. The number of hydrogen-bond donors (Lipinski definition) is 0. The standard InChI is InChI=1S/C19H17ClO4/c1-23-18(21)13-5-7-15-11(9-13)3-4-12-10-14(19(22)24-2)6-8-16(12)17(15)20/h5-10,17H,3-4H2,1-2H3. The Kier molecular flexibility index (Phi) is 4.58. The molecule has 0 spiro atoms. The predicted molar refractivity (Wildman–Crippen MR) is 90.7 cm³/mol.